The Morgan fingerprint density at radius 1 is 1.11 bits per heavy atom. The van der Waals surface area contributed by atoms with Gasteiger partial charge in [-0.05, 0) is 36.4 Å². The normalized spacial score (nSPS) is 10.7. The molecule has 1 aromatic carbocycles. The van der Waals surface area contributed by atoms with Crippen molar-refractivity contribution in [3.63, 3.8) is 0 Å². The molecule has 90 valence electrons. The lowest BCUT2D eigenvalue weighted by Crippen LogP contribution is -1.71. The number of phenols is 1. The van der Waals surface area contributed by atoms with Crippen molar-refractivity contribution in [3.8, 4) is 27.8 Å². The van der Waals surface area contributed by atoms with E-state index in [0.717, 1.165) is 10.4 Å². The van der Waals surface area contributed by atoms with Crippen molar-refractivity contribution in [2.45, 2.75) is 0 Å². The van der Waals surface area contributed by atoms with E-state index in [1.807, 2.05) is 12.1 Å². The third-order valence-electron chi connectivity index (χ3n) is 2.44. The van der Waals surface area contributed by atoms with E-state index in [0.29, 0.717) is 16.0 Å². The summed E-state index contributed by atoms with van der Waals surface area (Å²) in [6.45, 7) is 0. The van der Waals surface area contributed by atoms with E-state index in [4.69, 9.17) is 16.0 Å². The van der Waals surface area contributed by atoms with E-state index in [-0.39, 0.29) is 5.75 Å². The number of thiophene rings is 1. The van der Waals surface area contributed by atoms with Crippen molar-refractivity contribution in [2.75, 3.05) is 0 Å². The minimum atomic E-state index is 0.225. The molecule has 0 amide bonds. The van der Waals surface area contributed by atoms with Gasteiger partial charge in [0.05, 0.1) is 15.4 Å². The maximum atomic E-state index is 9.23. The van der Waals surface area contributed by atoms with Crippen molar-refractivity contribution in [2.24, 2.45) is 0 Å². The molecule has 0 saturated heterocycles. The molecule has 0 atom stereocenters. The average Bonchev–Trinajstić information content (AvgIpc) is 2.98. The van der Waals surface area contributed by atoms with Gasteiger partial charge in [0.2, 0.25) is 5.89 Å². The van der Waals surface area contributed by atoms with Crippen LogP contribution >= 0.6 is 22.9 Å². The number of nitrogens with zero attached hydrogens (tertiary/aromatic N) is 1. The van der Waals surface area contributed by atoms with Crippen molar-refractivity contribution in [3.05, 3.63) is 46.9 Å². The third-order valence-corrected chi connectivity index (χ3v) is 3.66. The van der Waals surface area contributed by atoms with Gasteiger partial charge in [0, 0.05) is 5.56 Å². The molecule has 3 rings (SSSR count). The van der Waals surface area contributed by atoms with Gasteiger partial charge in [-0.1, -0.05) is 11.6 Å². The first-order valence-corrected chi connectivity index (χ1v) is 6.43. The van der Waals surface area contributed by atoms with Crippen LogP contribution in [0.25, 0.3) is 22.1 Å². The maximum Gasteiger partial charge on any atom is 0.236 e. The van der Waals surface area contributed by atoms with E-state index in [1.165, 1.54) is 11.3 Å². The van der Waals surface area contributed by atoms with E-state index in [1.54, 1.807) is 30.5 Å². The molecule has 2 aromatic heterocycles. The van der Waals surface area contributed by atoms with Crippen LogP contribution in [0.1, 0.15) is 0 Å². The summed E-state index contributed by atoms with van der Waals surface area (Å²) in [6.07, 6.45) is 1.66. The summed E-state index contributed by atoms with van der Waals surface area (Å²) < 4.78 is 6.37. The Labute approximate surface area is 112 Å². The second-order valence-electron chi connectivity index (χ2n) is 3.68. The van der Waals surface area contributed by atoms with E-state index in [9.17, 15) is 5.11 Å². The van der Waals surface area contributed by atoms with Gasteiger partial charge >= 0.3 is 0 Å². The Balaban J connectivity index is 1.96. The van der Waals surface area contributed by atoms with Gasteiger partial charge < -0.3 is 9.52 Å². The van der Waals surface area contributed by atoms with Gasteiger partial charge in [-0.25, -0.2) is 4.98 Å². The van der Waals surface area contributed by atoms with Crippen LogP contribution in [0.15, 0.2) is 47.0 Å². The number of halogens is 1. The number of hydrogen-bond acceptors (Lipinski definition) is 4. The minimum absolute atomic E-state index is 0.225. The highest BCUT2D eigenvalue weighted by molar-refractivity contribution is 7.19. The molecule has 0 aliphatic heterocycles. The van der Waals surface area contributed by atoms with Gasteiger partial charge in [0.1, 0.15) is 5.75 Å². The van der Waals surface area contributed by atoms with Crippen LogP contribution in [-0.4, -0.2) is 10.1 Å². The number of benzene rings is 1. The van der Waals surface area contributed by atoms with Gasteiger partial charge in [0.25, 0.3) is 0 Å². The smallest absolute Gasteiger partial charge is 0.236 e. The number of hydrogen-bond donors (Lipinski definition) is 1. The van der Waals surface area contributed by atoms with Crippen LogP contribution in [0.4, 0.5) is 0 Å². The highest BCUT2D eigenvalue weighted by atomic mass is 35.5. The molecule has 18 heavy (non-hydrogen) atoms. The number of phenolic OH excluding ortho intramolecular Hbond substituents is 1. The molecule has 0 bridgehead atoms. The fourth-order valence-corrected chi connectivity index (χ4v) is 2.55. The van der Waals surface area contributed by atoms with Crippen LogP contribution in [0.2, 0.25) is 4.34 Å². The summed E-state index contributed by atoms with van der Waals surface area (Å²) in [4.78, 5) is 5.11. The Morgan fingerprint density at radius 3 is 2.56 bits per heavy atom. The maximum absolute atomic E-state index is 9.23. The second-order valence-corrected chi connectivity index (χ2v) is 5.40. The van der Waals surface area contributed by atoms with E-state index in [2.05, 4.69) is 4.98 Å². The summed E-state index contributed by atoms with van der Waals surface area (Å²) in [5.41, 5.74) is 0.870. The van der Waals surface area contributed by atoms with Gasteiger partial charge in [-0.15, -0.1) is 11.3 Å². The topological polar surface area (TPSA) is 46.3 Å². The zero-order valence-electron chi connectivity index (χ0n) is 9.13. The minimum Gasteiger partial charge on any atom is -0.508 e. The Bertz CT molecular complexity index is 672. The Kier molecular flexibility index (Phi) is 2.81. The van der Waals surface area contributed by atoms with Crippen LogP contribution in [0.5, 0.6) is 5.75 Å². The number of aromatic hydroxyl groups is 1. The lowest BCUT2D eigenvalue weighted by molar-refractivity contribution is 0.475. The van der Waals surface area contributed by atoms with Crippen molar-refractivity contribution >= 4 is 22.9 Å². The van der Waals surface area contributed by atoms with Crippen molar-refractivity contribution < 1.29 is 9.52 Å². The molecule has 0 aliphatic rings. The fourth-order valence-electron chi connectivity index (χ4n) is 1.58. The molecular formula is C13H8ClNO2S. The third kappa shape index (κ3) is 2.12. The predicted octanol–water partition coefficient (Wildman–Crippen LogP) is 4.43. The van der Waals surface area contributed by atoms with Crippen LogP contribution in [-0.2, 0) is 0 Å². The monoisotopic (exact) mass is 277 g/mol. The lowest BCUT2D eigenvalue weighted by Gasteiger charge is -1.95. The highest BCUT2D eigenvalue weighted by Gasteiger charge is 2.10. The van der Waals surface area contributed by atoms with Crippen molar-refractivity contribution in [1.29, 1.82) is 0 Å². The molecule has 1 N–H and O–H groups in total. The summed E-state index contributed by atoms with van der Waals surface area (Å²) in [6, 6.07) is 10.5. The molecule has 0 saturated carbocycles. The molecule has 3 nitrogen and oxygen atoms in total. The fraction of sp³-hybridized carbons (Fsp3) is 0. The first kappa shape index (κ1) is 11.3. The zero-order chi connectivity index (χ0) is 12.5. The number of oxazole rings is 1. The van der Waals surface area contributed by atoms with Gasteiger partial charge in [-0.3, -0.25) is 0 Å². The zero-order valence-corrected chi connectivity index (χ0v) is 10.7. The summed E-state index contributed by atoms with van der Waals surface area (Å²) >= 11 is 7.29. The molecular weight excluding hydrogens is 270 g/mol. The molecule has 0 spiro atoms. The molecule has 3 aromatic rings. The second kappa shape index (κ2) is 4.48. The Morgan fingerprint density at radius 2 is 1.89 bits per heavy atom. The summed E-state index contributed by atoms with van der Waals surface area (Å²) in [7, 11) is 0. The SMILES string of the molecule is Oc1ccc(-c2cnc(-c3ccc(Cl)s3)o2)cc1. The predicted molar refractivity (Wildman–Crippen MR) is 71.9 cm³/mol. The van der Waals surface area contributed by atoms with E-state index < -0.39 is 0 Å². The molecule has 0 radical (unpaired) electrons. The van der Waals surface area contributed by atoms with Crippen LogP contribution < -0.4 is 0 Å². The van der Waals surface area contributed by atoms with Gasteiger partial charge in [-0.2, -0.15) is 0 Å². The number of rotatable bonds is 2. The van der Waals surface area contributed by atoms with Crippen LogP contribution in [0, 0.1) is 0 Å². The summed E-state index contributed by atoms with van der Waals surface area (Å²) in [5, 5.41) is 9.23. The van der Waals surface area contributed by atoms with E-state index >= 15 is 0 Å². The quantitative estimate of drug-likeness (QED) is 0.754. The standard InChI is InChI=1S/C13H8ClNO2S/c14-12-6-5-11(18-12)13-15-7-10(17-13)8-1-3-9(16)4-2-8/h1-7,16H. The van der Waals surface area contributed by atoms with Crippen LogP contribution in [0.3, 0.4) is 0 Å². The highest BCUT2D eigenvalue weighted by Crippen LogP contribution is 2.32. The average molecular weight is 278 g/mol. The lowest BCUT2D eigenvalue weighted by atomic mass is 10.2. The molecule has 2 heterocycles. The first-order valence-electron chi connectivity index (χ1n) is 5.23. The molecule has 5 heteroatoms. The van der Waals surface area contributed by atoms with Crippen molar-refractivity contribution in [1.82, 2.24) is 4.98 Å². The molecule has 0 fully saturated rings. The van der Waals surface area contributed by atoms with Gasteiger partial charge in [0.15, 0.2) is 5.76 Å². The molecule has 0 aliphatic carbocycles. The largest absolute Gasteiger partial charge is 0.508 e. The summed E-state index contributed by atoms with van der Waals surface area (Å²) in [5.74, 6) is 1.44. The number of aromatic nitrogens is 1. The molecule has 0 unspecified atom stereocenters. The first-order chi connectivity index (χ1) is 8.72. The Hall–Kier alpha value is -1.78.